The Hall–Kier alpha value is -2.55. The summed E-state index contributed by atoms with van der Waals surface area (Å²) < 4.78 is 5.48. The highest BCUT2D eigenvalue weighted by Gasteiger charge is 2.21. The number of benzene rings is 1. The molecule has 1 N–H and O–H groups in total. The Balaban J connectivity index is 1.94. The third-order valence-electron chi connectivity index (χ3n) is 3.34. The van der Waals surface area contributed by atoms with Crippen molar-refractivity contribution >= 4 is 5.78 Å². The van der Waals surface area contributed by atoms with E-state index < -0.39 is 0 Å². The number of phenols is 1. The molecule has 0 spiro atoms. The van der Waals surface area contributed by atoms with Gasteiger partial charge in [0.2, 0.25) is 0 Å². The van der Waals surface area contributed by atoms with Crippen LogP contribution in [0, 0.1) is 6.92 Å². The molecule has 3 nitrogen and oxygen atoms in total. The maximum Gasteiger partial charge on any atom is 0.199 e. The maximum atomic E-state index is 12.5. The van der Waals surface area contributed by atoms with Crippen LogP contribution in [0.1, 0.15) is 22.3 Å². The molecule has 20 heavy (non-hydrogen) atoms. The number of aryl methyl sites for hydroxylation is 1. The number of fused-ring (bicyclic) bond motifs is 1. The van der Waals surface area contributed by atoms with Gasteiger partial charge in [-0.1, -0.05) is 23.8 Å². The number of hydrogen-bond acceptors (Lipinski definition) is 3. The summed E-state index contributed by atoms with van der Waals surface area (Å²) in [4.78, 5) is 12.5. The number of carbonyl (C=O) groups is 1. The summed E-state index contributed by atoms with van der Waals surface area (Å²) >= 11 is 0. The topological polar surface area (TPSA) is 46.5 Å². The first kappa shape index (κ1) is 12.5. The lowest BCUT2D eigenvalue weighted by Crippen LogP contribution is -2.09. The van der Waals surface area contributed by atoms with Crippen LogP contribution in [0.5, 0.6) is 5.75 Å². The van der Waals surface area contributed by atoms with E-state index in [0.717, 1.165) is 23.3 Å². The molecule has 1 heterocycles. The van der Waals surface area contributed by atoms with E-state index in [9.17, 15) is 9.90 Å². The second kappa shape index (κ2) is 4.85. The molecule has 1 aliphatic carbocycles. The number of aromatic hydroxyl groups is 1. The van der Waals surface area contributed by atoms with Crippen LogP contribution in [0.15, 0.2) is 65.7 Å². The van der Waals surface area contributed by atoms with Gasteiger partial charge in [-0.15, -0.1) is 0 Å². The summed E-state index contributed by atoms with van der Waals surface area (Å²) in [5, 5.41) is 9.84. The van der Waals surface area contributed by atoms with Crippen LogP contribution in [-0.2, 0) is 4.74 Å². The number of Topliss-reactive ketones (excluding diaryl/α,β-unsaturated/α-hetero) is 1. The second-order valence-electron chi connectivity index (χ2n) is 4.87. The quantitative estimate of drug-likeness (QED) is 0.832. The fourth-order valence-corrected chi connectivity index (χ4v) is 2.26. The summed E-state index contributed by atoms with van der Waals surface area (Å²) in [6.07, 6.45) is 9.82. The molecule has 0 saturated carbocycles. The lowest BCUT2D eigenvalue weighted by atomic mass is 9.95. The number of ether oxygens (including phenoxy) is 1. The van der Waals surface area contributed by atoms with E-state index >= 15 is 0 Å². The molecule has 0 radical (unpaired) electrons. The zero-order valence-electron chi connectivity index (χ0n) is 11.1. The monoisotopic (exact) mass is 266 g/mol. The smallest absolute Gasteiger partial charge is 0.199 e. The molecule has 1 aromatic rings. The minimum Gasteiger partial charge on any atom is -0.507 e. The minimum atomic E-state index is -0.229. The molecule has 0 unspecified atom stereocenters. The van der Waals surface area contributed by atoms with E-state index in [4.69, 9.17) is 4.74 Å². The first-order valence-electron chi connectivity index (χ1n) is 6.44. The van der Waals surface area contributed by atoms with Crippen LogP contribution in [0.2, 0.25) is 0 Å². The van der Waals surface area contributed by atoms with Crippen molar-refractivity contribution in [2.75, 3.05) is 0 Å². The van der Waals surface area contributed by atoms with Gasteiger partial charge in [-0.3, -0.25) is 4.79 Å². The van der Waals surface area contributed by atoms with Crippen LogP contribution < -0.4 is 0 Å². The Morgan fingerprint density at radius 1 is 1.35 bits per heavy atom. The molecule has 100 valence electrons. The van der Waals surface area contributed by atoms with Crippen LogP contribution in [0.4, 0.5) is 0 Å². The molecular weight excluding hydrogens is 252 g/mol. The molecule has 0 aromatic heterocycles. The molecule has 1 aliphatic heterocycles. The Morgan fingerprint density at radius 2 is 2.20 bits per heavy atom. The lowest BCUT2D eigenvalue weighted by Gasteiger charge is -2.18. The Labute approximate surface area is 117 Å². The second-order valence-corrected chi connectivity index (χ2v) is 4.87. The number of ketones is 1. The first-order valence-corrected chi connectivity index (χ1v) is 6.44. The molecule has 0 amide bonds. The number of hydrogen-bond donors (Lipinski definition) is 1. The Kier molecular flexibility index (Phi) is 3.03. The van der Waals surface area contributed by atoms with Crippen LogP contribution in [0.3, 0.4) is 0 Å². The van der Waals surface area contributed by atoms with E-state index in [2.05, 4.69) is 0 Å². The lowest BCUT2D eigenvalue weighted by molar-refractivity contribution is 0.103. The van der Waals surface area contributed by atoms with Crippen LogP contribution in [-0.4, -0.2) is 10.9 Å². The molecular formula is C17H14O3. The highest BCUT2D eigenvalue weighted by atomic mass is 16.5. The number of allylic oxidation sites excluding steroid dienone is 6. The third kappa shape index (κ3) is 2.18. The normalized spacial score (nSPS) is 16.6. The predicted molar refractivity (Wildman–Crippen MR) is 76.3 cm³/mol. The van der Waals surface area contributed by atoms with Gasteiger partial charge in [0.25, 0.3) is 0 Å². The van der Waals surface area contributed by atoms with Gasteiger partial charge in [0, 0.05) is 0 Å². The van der Waals surface area contributed by atoms with Gasteiger partial charge in [0.05, 0.1) is 11.1 Å². The number of phenolic OH excluding ortho intramolecular Hbond substituents is 1. The average Bonchev–Trinajstić information content (AvgIpc) is 2.48. The summed E-state index contributed by atoms with van der Waals surface area (Å²) in [6.45, 7) is 1.88. The highest BCUT2D eigenvalue weighted by Crippen LogP contribution is 2.30. The zero-order chi connectivity index (χ0) is 14.1. The molecule has 0 bridgehead atoms. The molecule has 0 atom stereocenters. The van der Waals surface area contributed by atoms with Crippen molar-refractivity contribution in [3.8, 4) is 5.75 Å². The van der Waals surface area contributed by atoms with Crippen molar-refractivity contribution in [3.63, 3.8) is 0 Å². The number of rotatable bonds is 2. The van der Waals surface area contributed by atoms with Crippen molar-refractivity contribution in [1.82, 2.24) is 0 Å². The molecule has 0 saturated heterocycles. The fraction of sp³-hybridized carbons (Fsp3) is 0.118. The van der Waals surface area contributed by atoms with Gasteiger partial charge in [-0.2, -0.15) is 0 Å². The van der Waals surface area contributed by atoms with E-state index in [1.807, 2.05) is 31.2 Å². The van der Waals surface area contributed by atoms with Gasteiger partial charge in [0.1, 0.15) is 17.8 Å². The zero-order valence-corrected chi connectivity index (χ0v) is 11.1. The SMILES string of the molecule is Cc1ccc(O)c(C(=O)C2=COC3=CC=CCC3=C2)c1. The van der Waals surface area contributed by atoms with Gasteiger partial charge < -0.3 is 9.84 Å². The number of carbonyl (C=O) groups excluding carboxylic acids is 1. The van der Waals surface area contributed by atoms with Gasteiger partial charge in [-0.05, 0) is 43.2 Å². The highest BCUT2D eigenvalue weighted by molar-refractivity contribution is 6.12. The molecule has 3 heteroatoms. The van der Waals surface area contributed by atoms with Crippen LogP contribution in [0.25, 0.3) is 0 Å². The van der Waals surface area contributed by atoms with E-state index in [0.29, 0.717) is 11.1 Å². The van der Waals surface area contributed by atoms with Gasteiger partial charge in [-0.25, -0.2) is 0 Å². The molecule has 1 aromatic carbocycles. The van der Waals surface area contributed by atoms with Crippen molar-refractivity contribution in [2.24, 2.45) is 0 Å². The summed E-state index contributed by atoms with van der Waals surface area (Å²) in [5.41, 5.74) is 2.66. The average molecular weight is 266 g/mol. The molecule has 3 rings (SSSR count). The van der Waals surface area contributed by atoms with Crippen molar-refractivity contribution in [3.05, 3.63) is 76.8 Å². The fourth-order valence-electron chi connectivity index (χ4n) is 2.26. The summed E-state index contributed by atoms with van der Waals surface area (Å²) in [5.74, 6) is 0.537. The van der Waals surface area contributed by atoms with E-state index in [1.165, 1.54) is 12.3 Å². The van der Waals surface area contributed by atoms with E-state index in [1.54, 1.807) is 12.1 Å². The largest absolute Gasteiger partial charge is 0.507 e. The van der Waals surface area contributed by atoms with Crippen molar-refractivity contribution in [2.45, 2.75) is 13.3 Å². The van der Waals surface area contributed by atoms with Gasteiger partial charge in [0.15, 0.2) is 5.78 Å². The van der Waals surface area contributed by atoms with Crippen LogP contribution >= 0.6 is 0 Å². The first-order chi connectivity index (χ1) is 9.65. The maximum absolute atomic E-state index is 12.5. The van der Waals surface area contributed by atoms with Gasteiger partial charge >= 0.3 is 0 Å². The summed E-state index contributed by atoms with van der Waals surface area (Å²) in [7, 11) is 0. The molecule has 0 fully saturated rings. The Morgan fingerprint density at radius 3 is 3.05 bits per heavy atom. The van der Waals surface area contributed by atoms with E-state index in [-0.39, 0.29) is 11.5 Å². The van der Waals surface area contributed by atoms with Crippen molar-refractivity contribution in [1.29, 1.82) is 0 Å². The molecule has 2 aliphatic rings. The Bertz CT molecular complexity index is 703. The van der Waals surface area contributed by atoms with Crippen molar-refractivity contribution < 1.29 is 14.6 Å². The standard InChI is InChI=1S/C17H14O3/c1-11-6-7-15(18)14(8-11)17(19)13-9-12-4-2-3-5-16(12)20-10-13/h2-3,5-10,18H,4H2,1H3. The minimum absolute atomic E-state index is 0.00946. The predicted octanol–water partition coefficient (Wildman–Crippen LogP) is 3.57. The summed E-state index contributed by atoms with van der Waals surface area (Å²) in [6, 6.07) is 4.99. The third-order valence-corrected chi connectivity index (χ3v) is 3.34.